The third-order valence-corrected chi connectivity index (χ3v) is 2.66. The van der Waals surface area contributed by atoms with E-state index in [-0.39, 0.29) is 6.42 Å². The molecule has 0 saturated heterocycles. The van der Waals surface area contributed by atoms with Crippen LogP contribution in [0.2, 0.25) is 0 Å². The Balaban J connectivity index is 3.01. The van der Waals surface area contributed by atoms with Gasteiger partial charge >= 0.3 is 12.1 Å². The number of halogens is 3. The molecule has 110 valence electrons. The first-order chi connectivity index (χ1) is 9.27. The standard InChI is InChI=1S/C13H14F3NO3/c1-2-5-10(12(19)20)17-11(18)8-6-3-4-7-9(8)13(14,15)16/h3-4,6-7,10H,2,5H2,1H3,(H,17,18)(H,19,20)/t10-/m1/s1. The minimum Gasteiger partial charge on any atom is -0.480 e. The maximum Gasteiger partial charge on any atom is 0.417 e. The topological polar surface area (TPSA) is 66.4 Å². The molecule has 0 spiro atoms. The second-order valence-electron chi connectivity index (χ2n) is 4.20. The summed E-state index contributed by atoms with van der Waals surface area (Å²) >= 11 is 0. The molecule has 2 N–H and O–H groups in total. The highest BCUT2D eigenvalue weighted by molar-refractivity contribution is 5.98. The Morgan fingerprint density at radius 1 is 1.30 bits per heavy atom. The van der Waals surface area contributed by atoms with Crippen LogP contribution in [0.5, 0.6) is 0 Å². The van der Waals surface area contributed by atoms with E-state index in [9.17, 15) is 22.8 Å². The zero-order chi connectivity index (χ0) is 15.3. The number of carbonyl (C=O) groups excluding carboxylic acids is 1. The van der Waals surface area contributed by atoms with Crippen LogP contribution in [0.1, 0.15) is 35.7 Å². The van der Waals surface area contributed by atoms with Crippen molar-refractivity contribution in [2.75, 3.05) is 0 Å². The van der Waals surface area contributed by atoms with Gasteiger partial charge in [0.1, 0.15) is 6.04 Å². The Morgan fingerprint density at radius 3 is 2.40 bits per heavy atom. The number of hydrogen-bond acceptors (Lipinski definition) is 2. The molecular weight excluding hydrogens is 275 g/mol. The van der Waals surface area contributed by atoms with Crippen LogP contribution in [0.15, 0.2) is 24.3 Å². The van der Waals surface area contributed by atoms with E-state index in [4.69, 9.17) is 5.11 Å². The third-order valence-electron chi connectivity index (χ3n) is 2.66. The lowest BCUT2D eigenvalue weighted by Crippen LogP contribution is -2.41. The summed E-state index contributed by atoms with van der Waals surface area (Å²) in [4.78, 5) is 22.7. The number of benzene rings is 1. The second-order valence-corrected chi connectivity index (χ2v) is 4.20. The van der Waals surface area contributed by atoms with Crippen molar-refractivity contribution in [2.45, 2.75) is 32.0 Å². The predicted molar refractivity (Wildman–Crippen MR) is 65.2 cm³/mol. The highest BCUT2D eigenvalue weighted by Gasteiger charge is 2.35. The fourth-order valence-electron chi connectivity index (χ4n) is 1.71. The lowest BCUT2D eigenvalue weighted by Gasteiger charge is -2.16. The highest BCUT2D eigenvalue weighted by Crippen LogP contribution is 2.31. The zero-order valence-electron chi connectivity index (χ0n) is 10.7. The van der Waals surface area contributed by atoms with Crippen LogP contribution in [-0.4, -0.2) is 23.0 Å². The monoisotopic (exact) mass is 289 g/mol. The quantitative estimate of drug-likeness (QED) is 0.875. The van der Waals surface area contributed by atoms with Gasteiger partial charge in [0.15, 0.2) is 0 Å². The van der Waals surface area contributed by atoms with Crippen molar-refractivity contribution in [1.82, 2.24) is 5.32 Å². The molecular formula is C13H14F3NO3. The number of hydrogen-bond donors (Lipinski definition) is 2. The first-order valence-corrected chi connectivity index (χ1v) is 5.97. The second kappa shape index (κ2) is 6.40. The van der Waals surface area contributed by atoms with Crippen LogP contribution in [0.3, 0.4) is 0 Å². The number of carboxylic acids is 1. The molecule has 0 aromatic heterocycles. The van der Waals surface area contributed by atoms with Crippen LogP contribution in [0.25, 0.3) is 0 Å². The summed E-state index contributed by atoms with van der Waals surface area (Å²) in [6, 6.07) is 3.06. The van der Waals surface area contributed by atoms with Gasteiger partial charge in [-0.05, 0) is 18.6 Å². The summed E-state index contributed by atoms with van der Waals surface area (Å²) in [6.45, 7) is 1.71. The van der Waals surface area contributed by atoms with Crippen molar-refractivity contribution in [1.29, 1.82) is 0 Å². The molecule has 0 aliphatic carbocycles. The molecule has 1 rings (SSSR count). The lowest BCUT2D eigenvalue weighted by molar-refractivity contribution is -0.139. The van der Waals surface area contributed by atoms with Crippen LogP contribution >= 0.6 is 0 Å². The smallest absolute Gasteiger partial charge is 0.417 e. The normalized spacial score (nSPS) is 12.8. The molecule has 1 aromatic rings. The first-order valence-electron chi connectivity index (χ1n) is 5.97. The first kappa shape index (κ1) is 16.0. The predicted octanol–water partition coefficient (Wildman–Crippen LogP) is 2.69. The van der Waals surface area contributed by atoms with Gasteiger partial charge in [-0.3, -0.25) is 4.79 Å². The number of rotatable bonds is 5. The van der Waals surface area contributed by atoms with Crippen LogP contribution in [-0.2, 0) is 11.0 Å². The summed E-state index contributed by atoms with van der Waals surface area (Å²) in [7, 11) is 0. The molecule has 1 amide bonds. The van der Waals surface area contributed by atoms with Gasteiger partial charge in [-0.15, -0.1) is 0 Å². The van der Waals surface area contributed by atoms with Crippen LogP contribution < -0.4 is 5.32 Å². The molecule has 0 aliphatic rings. The Bertz CT molecular complexity index is 500. The van der Waals surface area contributed by atoms with Crippen molar-refractivity contribution in [3.05, 3.63) is 35.4 Å². The van der Waals surface area contributed by atoms with E-state index in [2.05, 4.69) is 5.32 Å². The minimum atomic E-state index is -4.67. The average molecular weight is 289 g/mol. The maximum absolute atomic E-state index is 12.8. The molecule has 0 fully saturated rings. The molecule has 1 aromatic carbocycles. The van der Waals surface area contributed by atoms with Crippen molar-refractivity contribution >= 4 is 11.9 Å². The van der Waals surface area contributed by atoms with Gasteiger partial charge < -0.3 is 10.4 Å². The van der Waals surface area contributed by atoms with E-state index >= 15 is 0 Å². The summed E-state index contributed by atoms with van der Waals surface area (Å²) in [5.41, 5.74) is -1.67. The van der Waals surface area contributed by atoms with E-state index in [1.165, 1.54) is 12.1 Å². The lowest BCUT2D eigenvalue weighted by atomic mass is 10.1. The van der Waals surface area contributed by atoms with Crippen molar-refractivity contribution in [2.24, 2.45) is 0 Å². The Labute approximate surface area is 113 Å². The van der Waals surface area contributed by atoms with Gasteiger partial charge in [0.2, 0.25) is 0 Å². The van der Waals surface area contributed by atoms with Crippen molar-refractivity contribution in [3.63, 3.8) is 0 Å². The molecule has 7 heteroatoms. The minimum absolute atomic E-state index is 0.148. The Hall–Kier alpha value is -2.05. The van der Waals surface area contributed by atoms with Gasteiger partial charge in [-0.1, -0.05) is 25.5 Å². The van der Waals surface area contributed by atoms with Gasteiger partial charge in [0.05, 0.1) is 11.1 Å². The molecule has 0 radical (unpaired) electrons. The summed E-state index contributed by atoms with van der Waals surface area (Å²) in [5, 5.41) is 11.0. The summed E-state index contributed by atoms with van der Waals surface area (Å²) in [5.74, 6) is -2.32. The molecule has 0 bridgehead atoms. The number of amides is 1. The highest BCUT2D eigenvalue weighted by atomic mass is 19.4. The van der Waals surface area contributed by atoms with Crippen molar-refractivity contribution < 1.29 is 27.9 Å². The van der Waals surface area contributed by atoms with Crippen LogP contribution in [0.4, 0.5) is 13.2 Å². The molecule has 0 unspecified atom stereocenters. The number of carboxylic acid groups (broad SMARTS) is 1. The SMILES string of the molecule is CCC[C@@H](NC(=O)c1ccccc1C(F)(F)F)C(=O)O. The Morgan fingerprint density at radius 2 is 1.90 bits per heavy atom. The molecule has 0 aliphatic heterocycles. The number of aliphatic carboxylic acids is 1. The molecule has 20 heavy (non-hydrogen) atoms. The van der Waals surface area contributed by atoms with E-state index < -0.39 is 35.2 Å². The van der Waals surface area contributed by atoms with Crippen LogP contribution in [0, 0.1) is 0 Å². The largest absolute Gasteiger partial charge is 0.480 e. The molecule has 0 heterocycles. The van der Waals surface area contributed by atoms with E-state index in [0.29, 0.717) is 6.42 Å². The third kappa shape index (κ3) is 3.97. The maximum atomic E-state index is 12.8. The molecule has 4 nitrogen and oxygen atoms in total. The number of carbonyl (C=O) groups is 2. The summed E-state index contributed by atoms with van der Waals surface area (Å²) in [6.07, 6.45) is -4.04. The van der Waals surface area contributed by atoms with Gasteiger partial charge in [0.25, 0.3) is 5.91 Å². The fourth-order valence-corrected chi connectivity index (χ4v) is 1.71. The van der Waals surface area contributed by atoms with Gasteiger partial charge in [-0.2, -0.15) is 13.2 Å². The van der Waals surface area contributed by atoms with Crippen molar-refractivity contribution in [3.8, 4) is 0 Å². The number of alkyl halides is 3. The number of nitrogens with one attached hydrogen (secondary N) is 1. The van der Waals surface area contributed by atoms with Gasteiger partial charge in [0, 0.05) is 0 Å². The van der Waals surface area contributed by atoms with E-state index in [1.807, 2.05) is 0 Å². The fraction of sp³-hybridized carbons (Fsp3) is 0.385. The van der Waals surface area contributed by atoms with E-state index in [0.717, 1.165) is 12.1 Å². The van der Waals surface area contributed by atoms with Gasteiger partial charge in [-0.25, -0.2) is 4.79 Å². The zero-order valence-corrected chi connectivity index (χ0v) is 10.7. The Kier molecular flexibility index (Phi) is 5.12. The van der Waals surface area contributed by atoms with E-state index in [1.54, 1.807) is 6.92 Å². The average Bonchev–Trinajstić information content (AvgIpc) is 2.37. The molecule has 0 saturated carbocycles. The summed E-state index contributed by atoms with van der Waals surface area (Å²) < 4.78 is 38.3. The molecule has 1 atom stereocenters.